The van der Waals surface area contributed by atoms with E-state index in [0.717, 1.165) is 30.2 Å². The zero-order chi connectivity index (χ0) is 17.5. The predicted octanol–water partition coefficient (Wildman–Crippen LogP) is 2.16. The van der Waals surface area contributed by atoms with Crippen molar-refractivity contribution < 1.29 is 18.7 Å². The lowest BCUT2D eigenvalue weighted by Crippen LogP contribution is -2.44. The maximum absolute atomic E-state index is 12.2. The van der Waals surface area contributed by atoms with Crippen molar-refractivity contribution in [1.29, 1.82) is 0 Å². The molecule has 0 spiro atoms. The molecular formula is C19H24N2O4. The van der Waals surface area contributed by atoms with Gasteiger partial charge in [-0.05, 0) is 30.7 Å². The molecule has 1 atom stereocenters. The molecule has 2 aromatic rings. The number of nitrogens with zero attached hydrogens (tertiary/aromatic N) is 1. The summed E-state index contributed by atoms with van der Waals surface area (Å²) in [4.78, 5) is 14.4. The van der Waals surface area contributed by atoms with Crippen molar-refractivity contribution in [3.05, 3.63) is 54.0 Å². The number of hydrogen-bond donors (Lipinski definition) is 1. The van der Waals surface area contributed by atoms with Gasteiger partial charge in [0.25, 0.3) is 5.91 Å². The number of hydrogen-bond acceptors (Lipinski definition) is 5. The van der Waals surface area contributed by atoms with Crippen LogP contribution in [0.2, 0.25) is 0 Å². The zero-order valence-corrected chi connectivity index (χ0v) is 14.4. The molecular weight excluding hydrogens is 320 g/mol. The number of nitrogens with one attached hydrogen (secondary N) is 1. The minimum atomic E-state index is -0.145. The molecule has 1 aliphatic heterocycles. The topological polar surface area (TPSA) is 63.9 Å². The summed E-state index contributed by atoms with van der Waals surface area (Å²) in [5.41, 5.74) is 1.01. The second-order valence-corrected chi connectivity index (χ2v) is 6.04. The lowest BCUT2D eigenvalue weighted by Gasteiger charge is -2.33. The molecule has 1 aliphatic rings. The maximum atomic E-state index is 12.2. The van der Waals surface area contributed by atoms with Crippen LogP contribution in [-0.2, 0) is 9.53 Å². The van der Waals surface area contributed by atoms with Crippen molar-refractivity contribution in [3.8, 4) is 5.75 Å². The maximum Gasteiger partial charge on any atom is 0.258 e. The quantitative estimate of drug-likeness (QED) is 0.834. The summed E-state index contributed by atoms with van der Waals surface area (Å²) in [5.74, 6) is 1.43. The van der Waals surface area contributed by atoms with Gasteiger partial charge >= 0.3 is 0 Å². The Bertz CT molecular complexity index is 666. The van der Waals surface area contributed by atoms with Crippen molar-refractivity contribution in [2.24, 2.45) is 0 Å². The Labute approximate surface area is 147 Å². The van der Waals surface area contributed by atoms with E-state index in [4.69, 9.17) is 13.9 Å². The molecule has 25 heavy (non-hydrogen) atoms. The molecule has 2 heterocycles. The van der Waals surface area contributed by atoms with Crippen molar-refractivity contribution >= 4 is 5.91 Å². The van der Waals surface area contributed by atoms with E-state index < -0.39 is 0 Å². The van der Waals surface area contributed by atoms with Crippen molar-refractivity contribution in [2.75, 3.05) is 39.5 Å². The van der Waals surface area contributed by atoms with Gasteiger partial charge < -0.3 is 19.2 Å². The Morgan fingerprint density at radius 1 is 1.24 bits per heavy atom. The van der Waals surface area contributed by atoms with Crippen LogP contribution in [0, 0.1) is 6.92 Å². The van der Waals surface area contributed by atoms with E-state index in [1.807, 2.05) is 43.3 Å². The van der Waals surface area contributed by atoms with Gasteiger partial charge in [0.1, 0.15) is 11.5 Å². The van der Waals surface area contributed by atoms with Gasteiger partial charge in [-0.3, -0.25) is 9.69 Å². The summed E-state index contributed by atoms with van der Waals surface area (Å²) in [7, 11) is 0. The molecule has 6 heteroatoms. The Morgan fingerprint density at radius 3 is 2.76 bits per heavy atom. The number of rotatable bonds is 7. The molecule has 0 unspecified atom stereocenters. The van der Waals surface area contributed by atoms with E-state index in [-0.39, 0.29) is 18.6 Å². The second kappa shape index (κ2) is 8.69. The number of furan rings is 1. The smallest absolute Gasteiger partial charge is 0.258 e. The van der Waals surface area contributed by atoms with Gasteiger partial charge in [-0.15, -0.1) is 0 Å². The van der Waals surface area contributed by atoms with E-state index in [9.17, 15) is 4.79 Å². The monoisotopic (exact) mass is 344 g/mol. The summed E-state index contributed by atoms with van der Waals surface area (Å²) < 4.78 is 16.6. The molecule has 1 aromatic heterocycles. The summed E-state index contributed by atoms with van der Waals surface area (Å²) in [6, 6.07) is 11.5. The van der Waals surface area contributed by atoms with Crippen molar-refractivity contribution in [3.63, 3.8) is 0 Å². The molecule has 3 rings (SSSR count). The zero-order valence-electron chi connectivity index (χ0n) is 14.4. The number of amides is 1. The molecule has 134 valence electrons. The number of carbonyl (C=O) groups is 1. The Morgan fingerprint density at radius 2 is 2.04 bits per heavy atom. The lowest BCUT2D eigenvalue weighted by atomic mass is 10.1. The van der Waals surface area contributed by atoms with Crippen LogP contribution in [0.15, 0.2) is 47.1 Å². The van der Waals surface area contributed by atoms with Crippen molar-refractivity contribution in [2.45, 2.75) is 13.0 Å². The number of carbonyl (C=O) groups excluding carboxylic acids is 1. The molecule has 0 radical (unpaired) electrons. The number of morpholine rings is 1. The molecule has 1 saturated heterocycles. The summed E-state index contributed by atoms with van der Waals surface area (Å²) in [6.45, 7) is 5.46. The van der Waals surface area contributed by atoms with Gasteiger partial charge in [0.05, 0.1) is 25.5 Å². The van der Waals surface area contributed by atoms with E-state index >= 15 is 0 Å². The van der Waals surface area contributed by atoms with Gasteiger partial charge in [-0.1, -0.05) is 18.2 Å². The molecule has 0 aliphatic carbocycles. The normalized spacial score (nSPS) is 16.4. The predicted molar refractivity (Wildman–Crippen MR) is 93.5 cm³/mol. The first-order chi connectivity index (χ1) is 12.2. The molecule has 1 fully saturated rings. The van der Waals surface area contributed by atoms with Crippen molar-refractivity contribution in [1.82, 2.24) is 10.2 Å². The van der Waals surface area contributed by atoms with Crippen LogP contribution in [-0.4, -0.2) is 50.3 Å². The summed E-state index contributed by atoms with van der Waals surface area (Å²) in [5, 5.41) is 2.95. The number of benzene rings is 1. The van der Waals surface area contributed by atoms with E-state index in [1.54, 1.807) is 6.26 Å². The average Bonchev–Trinajstić information content (AvgIpc) is 3.16. The highest BCUT2D eigenvalue weighted by Crippen LogP contribution is 2.21. The Hall–Kier alpha value is -2.31. The molecule has 6 nitrogen and oxygen atoms in total. The first-order valence-electron chi connectivity index (χ1n) is 8.54. The van der Waals surface area contributed by atoms with Crippen LogP contribution in [0.25, 0.3) is 0 Å². The van der Waals surface area contributed by atoms with Crippen LogP contribution >= 0.6 is 0 Å². The fourth-order valence-electron chi connectivity index (χ4n) is 2.90. The van der Waals surface area contributed by atoms with E-state index in [2.05, 4.69) is 10.2 Å². The first-order valence-corrected chi connectivity index (χ1v) is 8.54. The van der Waals surface area contributed by atoms with Gasteiger partial charge in [0, 0.05) is 19.6 Å². The minimum absolute atomic E-state index is 0.00115. The van der Waals surface area contributed by atoms with Crippen LogP contribution in [0.1, 0.15) is 17.4 Å². The van der Waals surface area contributed by atoms with Gasteiger partial charge in [0.15, 0.2) is 6.61 Å². The number of para-hydroxylation sites is 1. The van der Waals surface area contributed by atoms with Crippen LogP contribution in [0.4, 0.5) is 0 Å². The van der Waals surface area contributed by atoms with Gasteiger partial charge in [-0.2, -0.15) is 0 Å². The number of ether oxygens (including phenoxy) is 2. The summed E-state index contributed by atoms with van der Waals surface area (Å²) >= 11 is 0. The highest BCUT2D eigenvalue weighted by Gasteiger charge is 2.25. The fourth-order valence-corrected chi connectivity index (χ4v) is 2.90. The Kier molecular flexibility index (Phi) is 6.09. The fraction of sp³-hybridized carbons (Fsp3) is 0.421. The van der Waals surface area contributed by atoms with Crippen LogP contribution in [0.3, 0.4) is 0 Å². The Balaban J connectivity index is 1.53. The lowest BCUT2D eigenvalue weighted by molar-refractivity contribution is -0.123. The highest BCUT2D eigenvalue weighted by atomic mass is 16.5. The second-order valence-electron chi connectivity index (χ2n) is 6.04. The van der Waals surface area contributed by atoms with Crippen LogP contribution < -0.4 is 10.1 Å². The first kappa shape index (κ1) is 17.5. The number of aryl methyl sites for hydroxylation is 1. The van der Waals surface area contributed by atoms with Crippen LogP contribution in [0.5, 0.6) is 5.75 Å². The van der Waals surface area contributed by atoms with Gasteiger partial charge in [-0.25, -0.2) is 0 Å². The largest absolute Gasteiger partial charge is 0.484 e. The minimum Gasteiger partial charge on any atom is -0.484 e. The molecule has 1 N–H and O–H groups in total. The van der Waals surface area contributed by atoms with E-state index in [0.29, 0.717) is 19.8 Å². The molecule has 1 aromatic carbocycles. The average molecular weight is 344 g/mol. The van der Waals surface area contributed by atoms with E-state index in [1.165, 1.54) is 0 Å². The molecule has 0 saturated carbocycles. The third kappa shape index (κ3) is 4.84. The highest BCUT2D eigenvalue weighted by molar-refractivity contribution is 5.77. The molecule has 1 amide bonds. The SMILES string of the molecule is Cc1ccccc1OCC(=O)NC[C@H](c1ccco1)N1CCOCC1. The standard InChI is InChI=1S/C19H24N2O4/c1-15-5-2-3-6-17(15)25-14-19(22)20-13-16(18-7-4-10-24-18)21-8-11-23-12-9-21/h2-7,10,16H,8-9,11-14H2,1H3,(H,20,22)/t16-/m1/s1. The van der Waals surface area contributed by atoms with Gasteiger partial charge in [0.2, 0.25) is 0 Å². The third-order valence-corrected chi connectivity index (χ3v) is 4.30. The molecule has 0 bridgehead atoms. The third-order valence-electron chi connectivity index (χ3n) is 4.30. The summed E-state index contributed by atoms with van der Waals surface area (Å²) in [6.07, 6.45) is 1.66.